The Kier molecular flexibility index (Phi) is 2.03. The highest BCUT2D eigenvalue weighted by Gasteiger charge is 2.25. The predicted molar refractivity (Wildman–Crippen MR) is 34.9 cm³/mol. The van der Waals surface area contributed by atoms with E-state index in [1.54, 1.807) is 0 Å². The second-order valence-corrected chi connectivity index (χ2v) is 2.51. The third-order valence-electron chi connectivity index (χ3n) is 1.64. The number of nitroso groups, excluding NO2 is 1. The fraction of sp³-hybridized carbons (Fsp3) is 1.00. The van der Waals surface area contributed by atoms with Gasteiger partial charge in [-0.05, 0) is 6.42 Å². The molecule has 1 N–H and O–H groups in total. The van der Waals surface area contributed by atoms with Gasteiger partial charge in [-0.15, -0.1) is 5.43 Å². The van der Waals surface area contributed by atoms with Crippen LogP contribution in [0.25, 0.3) is 0 Å². The van der Waals surface area contributed by atoms with Crippen LogP contribution in [0.3, 0.4) is 0 Å². The molecule has 0 spiro atoms. The lowest BCUT2D eigenvalue weighted by Crippen LogP contribution is -2.25. The van der Waals surface area contributed by atoms with Crippen molar-refractivity contribution in [2.45, 2.75) is 32.2 Å². The average molecular weight is 129 g/mol. The van der Waals surface area contributed by atoms with Gasteiger partial charge in [-0.3, -0.25) is 0 Å². The van der Waals surface area contributed by atoms with E-state index in [0.717, 1.165) is 24.1 Å². The van der Waals surface area contributed by atoms with E-state index in [-0.39, 0.29) is 0 Å². The summed E-state index contributed by atoms with van der Waals surface area (Å²) in [5.41, 5.74) is 2.83. The van der Waals surface area contributed by atoms with E-state index in [1.165, 1.54) is 0 Å². The number of nitrogens with one attached hydrogen (secondary N) is 1. The van der Waals surface area contributed by atoms with E-state index in [1.807, 2.05) is 0 Å². The van der Waals surface area contributed by atoms with Gasteiger partial charge in [0.05, 0.1) is 10.9 Å². The zero-order valence-electron chi connectivity index (χ0n) is 5.76. The number of hydrogen-bond donors (Lipinski definition) is 1. The molecule has 0 aliphatic carbocycles. The predicted octanol–water partition coefficient (Wildman–Crippen LogP) is 0.842. The molecule has 1 fully saturated rings. The Morgan fingerprint density at radius 1 is 1.78 bits per heavy atom. The van der Waals surface area contributed by atoms with E-state index in [9.17, 15) is 4.91 Å². The topological polar surface area (TPSA) is 32.1 Å². The fourth-order valence-electron chi connectivity index (χ4n) is 1.16. The molecule has 0 aromatic carbocycles. The molecule has 0 aromatic heterocycles. The third kappa shape index (κ3) is 1.66. The van der Waals surface area contributed by atoms with Crippen molar-refractivity contribution < 1.29 is 4.87 Å². The van der Waals surface area contributed by atoms with Crippen LogP contribution in [0.15, 0.2) is 0 Å². The Balaban J connectivity index is 2.22. The van der Waals surface area contributed by atoms with Crippen LogP contribution in [-0.2, 0) is 0 Å². The van der Waals surface area contributed by atoms with Crippen molar-refractivity contribution in [3.8, 4) is 0 Å². The van der Waals surface area contributed by atoms with Crippen LogP contribution in [0, 0.1) is 4.91 Å². The van der Waals surface area contributed by atoms with Gasteiger partial charge in [-0.25, -0.2) is 0 Å². The minimum Gasteiger partial charge on any atom is -0.150 e. The molecule has 0 saturated carbocycles. The van der Waals surface area contributed by atoms with Gasteiger partial charge < -0.3 is 0 Å². The zero-order chi connectivity index (χ0) is 6.69. The van der Waals surface area contributed by atoms with Crippen LogP contribution in [-0.4, -0.2) is 17.5 Å². The first-order valence-corrected chi connectivity index (χ1v) is 3.53. The minimum atomic E-state index is 0.451. The molecule has 3 nitrogen and oxygen atoms in total. The maximum atomic E-state index is 10.5. The summed E-state index contributed by atoms with van der Waals surface area (Å²) < 4.78 is 0. The molecule has 0 radical (unpaired) electrons. The first-order valence-electron chi connectivity index (χ1n) is 3.53. The van der Waals surface area contributed by atoms with Crippen molar-refractivity contribution in [3.63, 3.8) is 0 Å². The maximum absolute atomic E-state index is 10.5. The van der Waals surface area contributed by atoms with Gasteiger partial charge in [0.25, 0.3) is 0 Å². The Bertz CT molecular complexity index is 114. The molecule has 1 rings (SSSR count). The van der Waals surface area contributed by atoms with Gasteiger partial charge in [0, 0.05) is 6.42 Å². The quantitative estimate of drug-likeness (QED) is 0.560. The molecule has 0 amide bonds. The van der Waals surface area contributed by atoms with Crippen molar-refractivity contribution in [2.75, 3.05) is 6.54 Å². The van der Waals surface area contributed by atoms with Gasteiger partial charge in [0.2, 0.25) is 6.54 Å². The normalized spacial score (nSPS) is 26.3. The summed E-state index contributed by atoms with van der Waals surface area (Å²) in [6.45, 7) is 2.79. The van der Waals surface area contributed by atoms with Crippen LogP contribution in [0.2, 0.25) is 0 Å². The first kappa shape index (κ1) is 6.52. The summed E-state index contributed by atoms with van der Waals surface area (Å²) in [5, 5.41) is 0. The second kappa shape index (κ2) is 2.80. The Hall–Kier alpha value is -0.600. The van der Waals surface area contributed by atoms with Crippen molar-refractivity contribution >= 4 is 0 Å². The van der Waals surface area contributed by atoms with E-state index in [2.05, 4.69) is 12.3 Å². The van der Waals surface area contributed by atoms with Crippen LogP contribution in [0.5, 0.6) is 0 Å². The summed E-state index contributed by atoms with van der Waals surface area (Å²) in [6, 6.07) is 0.451. The molecule has 1 aliphatic heterocycles. The van der Waals surface area contributed by atoms with Crippen molar-refractivity contribution in [3.05, 3.63) is 4.91 Å². The van der Waals surface area contributed by atoms with Gasteiger partial charge >= 0.3 is 0 Å². The number of nitrogens with zero attached hydrogens (tertiary/aromatic N) is 1. The van der Waals surface area contributed by atoms with Crippen molar-refractivity contribution in [2.24, 2.45) is 0 Å². The Morgan fingerprint density at radius 2 is 2.56 bits per heavy atom. The lowest BCUT2D eigenvalue weighted by molar-refractivity contribution is -0.588. The highest BCUT2D eigenvalue weighted by molar-refractivity contribution is 4.63. The van der Waals surface area contributed by atoms with Gasteiger partial charge in [0.1, 0.15) is 4.87 Å². The minimum absolute atomic E-state index is 0.451. The molecule has 1 atom stereocenters. The largest absolute Gasteiger partial charge is 0.227 e. The molecule has 0 bridgehead atoms. The molecule has 9 heavy (non-hydrogen) atoms. The SMILES string of the molecule is CCCC1CC[N+](=O)N1. The number of hydrogen-bond acceptors (Lipinski definition) is 1. The smallest absolute Gasteiger partial charge is 0.150 e. The fourth-order valence-corrected chi connectivity index (χ4v) is 1.16. The monoisotopic (exact) mass is 129 g/mol. The first-order chi connectivity index (χ1) is 4.33. The highest BCUT2D eigenvalue weighted by Crippen LogP contribution is 2.06. The van der Waals surface area contributed by atoms with Crippen LogP contribution in [0.1, 0.15) is 26.2 Å². The van der Waals surface area contributed by atoms with Crippen LogP contribution < -0.4 is 5.43 Å². The molecule has 3 heteroatoms. The number of rotatable bonds is 2. The van der Waals surface area contributed by atoms with E-state index in [0.29, 0.717) is 12.6 Å². The lowest BCUT2D eigenvalue weighted by Gasteiger charge is -1.98. The third-order valence-corrected chi connectivity index (χ3v) is 1.64. The van der Waals surface area contributed by atoms with Gasteiger partial charge in [-0.1, -0.05) is 13.3 Å². The van der Waals surface area contributed by atoms with Gasteiger partial charge in [-0.2, -0.15) is 0 Å². The van der Waals surface area contributed by atoms with Gasteiger partial charge in [0.15, 0.2) is 0 Å². The highest BCUT2D eigenvalue weighted by atomic mass is 16.3. The van der Waals surface area contributed by atoms with Crippen LogP contribution in [0.4, 0.5) is 0 Å². The maximum Gasteiger partial charge on any atom is 0.227 e. The Labute approximate surface area is 55.0 Å². The van der Waals surface area contributed by atoms with E-state index < -0.39 is 0 Å². The molecule has 0 aromatic rings. The van der Waals surface area contributed by atoms with E-state index in [4.69, 9.17) is 0 Å². The summed E-state index contributed by atoms with van der Waals surface area (Å²) in [5.74, 6) is 0. The average Bonchev–Trinajstić information content (AvgIpc) is 2.17. The van der Waals surface area contributed by atoms with Crippen molar-refractivity contribution in [1.29, 1.82) is 0 Å². The molecule has 1 heterocycles. The Morgan fingerprint density at radius 3 is 3.00 bits per heavy atom. The van der Waals surface area contributed by atoms with Crippen molar-refractivity contribution in [1.82, 2.24) is 5.43 Å². The molecule has 1 aliphatic rings. The lowest BCUT2D eigenvalue weighted by atomic mass is 10.1. The molecule has 1 saturated heterocycles. The standard InChI is InChI=1S/C6H13N2O/c1-2-3-6-4-5-8(9)7-6/h6H,2-5H2,1H3,(H,7,9)/q+1. The molecule has 1 unspecified atom stereocenters. The number of hydrazine groups is 1. The summed E-state index contributed by atoms with van der Waals surface area (Å²) in [4.78, 5) is 11.5. The second-order valence-electron chi connectivity index (χ2n) is 2.51. The molecule has 52 valence electrons. The zero-order valence-corrected chi connectivity index (χ0v) is 5.76. The summed E-state index contributed by atoms with van der Waals surface area (Å²) >= 11 is 0. The summed E-state index contributed by atoms with van der Waals surface area (Å²) in [6.07, 6.45) is 3.29. The van der Waals surface area contributed by atoms with E-state index >= 15 is 0 Å². The molecular formula is C6H13N2O+. The summed E-state index contributed by atoms with van der Waals surface area (Å²) in [7, 11) is 0. The van der Waals surface area contributed by atoms with Crippen LogP contribution >= 0.6 is 0 Å². The molecular weight excluding hydrogens is 116 g/mol.